The third kappa shape index (κ3) is 3.62. The third-order valence-electron chi connectivity index (χ3n) is 3.10. The van der Waals surface area contributed by atoms with Gasteiger partial charge in [-0.1, -0.05) is 46.3 Å². The minimum atomic E-state index is -0.527. The first kappa shape index (κ1) is 15.5. The molecule has 0 aliphatic heterocycles. The first-order valence-corrected chi connectivity index (χ1v) is 7.35. The van der Waals surface area contributed by atoms with Crippen molar-refractivity contribution in [1.29, 1.82) is 0 Å². The summed E-state index contributed by atoms with van der Waals surface area (Å²) >= 11 is 3.50. The molecule has 0 aliphatic carbocycles. The highest BCUT2D eigenvalue weighted by Crippen LogP contribution is 2.31. The van der Waals surface area contributed by atoms with E-state index in [1.807, 2.05) is 31.2 Å². The number of halogens is 1. The van der Waals surface area contributed by atoms with E-state index in [0.29, 0.717) is 11.3 Å². The molecule has 2 aromatic rings. The van der Waals surface area contributed by atoms with Gasteiger partial charge in [-0.05, 0) is 25.1 Å². The Kier molecular flexibility index (Phi) is 4.98. The molecule has 1 amide bonds. The summed E-state index contributed by atoms with van der Waals surface area (Å²) in [6, 6.07) is 14.3. The molecule has 0 heterocycles. The van der Waals surface area contributed by atoms with Crippen LogP contribution < -0.4 is 16.2 Å². The molecular formula is C16H17BrN2O2. The molecule has 4 N–H and O–H groups in total. The van der Waals surface area contributed by atoms with Gasteiger partial charge in [-0.2, -0.15) is 0 Å². The zero-order valence-corrected chi connectivity index (χ0v) is 13.2. The number of ether oxygens (including phenoxy) is 1. The van der Waals surface area contributed by atoms with E-state index in [4.69, 9.17) is 16.2 Å². The molecule has 2 unspecified atom stereocenters. The van der Waals surface area contributed by atoms with E-state index in [0.717, 1.165) is 10.0 Å². The van der Waals surface area contributed by atoms with Crippen molar-refractivity contribution in [2.24, 2.45) is 11.5 Å². The van der Waals surface area contributed by atoms with E-state index in [9.17, 15) is 4.79 Å². The van der Waals surface area contributed by atoms with Crippen LogP contribution in [0, 0.1) is 0 Å². The second-order valence-corrected chi connectivity index (χ2v) is 5.63. The van der Waals surface area contributed by atoms with Crippen molar-refractivity contribution in [3.8, 4) is 5.75 Å². The minimum Gasteiger partial charge on any atom is -0.483 e. The largest absolute Gasteiger partial charge is 0.483 e. The Hall–Kier alpha value is -1.85. The zero-order valence-electron chi connectivity index (χ0n) is 11.6. The first-order valence-electron chi connectivity index (χ1n) is 6.56. The van der Waals surface area contributed by atoms with Gasteiger partial charge in [0.25, 0.3) is 5.91 Å². The third-order valence-corrected chi connectivity index (χ3v) is 3.82. The molecule has 0 aliphatic rings. The molecule has 0 saturated heterocycles. The van der Waals surface area contributed by atoms with E-state index in [-0.39, 0.29) is 12.1 Å². The summed E-state index contributed by atoms with van der Waals surface area (Å²) in [4.78, 5) is 11.5. The molecule has 4 nitrogen and oxygen atoms in total. The van der Waals surface area contributed by atoms with Gasteiger partial charge >= 0.3 is 0 Å². The summed E-state index contributed by atoms with van der Waals surface area (Å²) in [5, 5.41) is 0. The number of benzene rings is 2. The first-order chi connectivity index (χ1) is 10.0. The summed E-state index contributed by atoms with van der Waals surface area (Å²) in [5.74, 6) is -0.0933. The maximum atomic E-state index is 11.5. The second kappa shape index (κ2) is 6.74. The van der Waals surface area contributed by atoms with Crippen molar-refractivity contribution >= 4 is 21.8 Å². The lowest BCUT2D eigenvalue weighted by Gasteiger charge is -2.24. The predicted molar refractivity (Wildman–Crippen MR) is 86.1 cm³/mol. The van der Waals surface area contributed by atoms with E-state index < -0.39 is 5.91 Å². The number of nitrogens with two attached hydrogens (primary N) is 2. The van der Waals surface area contributed by atoms with Crippen LogP contribution in [0.1, 0.15) is 28.9 Å². The van der Waals surface area contributed by atoms with Crippen LogP contribution in [-0.4, -0.2) is 11.9 Å². The average Bonchev–Trinajstić information content (AvgIpc) is 2.45. The van der Waals surface area contributed by atoms with Gasteiger partial charge in [-0.25, -0.2) is 0 Å². The number of para-hydroxylation sites is 1. The van der Waals surface area contributed by atoms with Gasteiger partial charge in [-0.3, -0.25) is 4.79 Å². The average molecular weight is 349 g/mol. The van der Waals surface area contributed by atoms with Gasteiger partial charge in [0.1, 0.15) is 11.9 Å². The summed E-state index contributed by atoms with van der Waals surface area (Å²) in [6.45, 7) is 1.86. The number of hydrogen-bond donors (Lipinski definition) is 2. The van der Waals surface area contributed by atoms with Crippen LogP contribution in [0.3, 0.4) is 0 Å². The highest BCUT2D eigenvalue weighted by Gasteiger charge is 2.22. The maximum absolute atomic E-state index is 11.5. The van der Waals surface area contributed by atoms with E-state index in [2.05, 4.69) is 15.9 Å². The topological polar surface area (TPSA) is 78.3 Å². The number of hydrogen-bond acceptors (Lipinski definition) is 3. The normalized spacial score (nSPS) is 13.5. The summed E-state index contributed by atoms with van der Waals surface area (Å²) in [6.07, 6.45) is -0.388. The number of rotatable bonds is 5. The molecule has 0 spiro atoms. The Bertz CT molecular complexity index is 644. The van der Waals surface area contributed by atoms with Gasteiger partial charge in [0, 0.05) is 16.1 Å². The van der Waals surface area contributed by atoms with Crippen LogP contribution in [-0.2, 0) is 0 Å². The molecule has 2 aromatic carbocycles. The monoisotopic (exact) mass is 348 g/mol. The van der Waals surface area contributed by atoms with Crippen LogP contribution in [0.15, 0.2) is 53.0 Å². The lowest BCUT2D eigenvalue weighted by Crippen LogP contribution is -2.30. The van der Waals surface area contributed by atoms with Crippen LogP contribution in [0.5, 0.6) is 5.75 Å². The summed E-state index contributed by atoms with van der Waals surface area (Å²) < 4.78 is 6.89. The van der Waals surface area contributed by atoms with Crippen LogP contribution in [0.4, 0.5) is 0 Å². The Labute approximate surface area is 132 Å². The highest BCUT2D eigenvalue weighted by atomic mass is 79.9. The Morgan fingerprint density at radius 1 is 1.14 bits per heavy atom. The number of carbonyl (C=O) groups is 1. The fourth-order valence-corrected chi connectivity index (χ4v) is 2.58. The van der Waals surface area contributed by atoms with Crippen LogP contribution >= 0.6 is 15.9 Å². The molecule has 0 bridgehead atoms. The second-order valence-electron chi connectivity index (χ2n) is 4.78. The van der Waals surface area contributed by atoms with Gasteiger partial charge in [-0.15, -0.1) is 0 Å². The molecule has 2 atom stereocenters. The predicted octanol–water partition coefficient (Wildman–Crippen LogP) is 3.02. The van der Waals surface area contributed by atoms with Crippen molar-refractivity contribution in [2.45, 2.75) is 19.1 Å². The Balaban J connectivity index is 2.39. The molecule has 0 radical (unpaired) electrons. The van der Waals surface area contributed by atoms with Gasteiger partial charge < -0.3 is 16.2 Å². The lowest BCUT2D eigenvalue weighted by molar-refractivity contribution is 0.0990. The highest BCUT2D eigenvalue weighted by molar-refractivity contribution is 9.10. The zero-order chi connectivity index (χ0) is 15.4. The van der Waals surface area contributed by atoms with Crippen molar-refractivity contribution in [3.05, 3.63) is 64.1 Å². The lowest BCUT2D eigenvalue weighted by atomic mass is 10.0. The molecule has 0 aromatic heterocycles. The van der Waals surface area contributed by atoms with Crippen molar-refractivity contribution in [1.82, 2.24) is 0 Å². The summed E-state index contributed by atoms with van der Waals surface area (Å²) in [5.41, 5.74) is 12.7. The molecular weight excluding hydrogens is 332 g/mol. The molecule has 0 saturated carbocycles. The fourth-order valence-electron chi connectivity index (χ4n) is 2.07. The quantitative estimate of drug-likeness (QED) is 0.871. The van der Waals surface area contributed by atoms with Gasteiger partial charge in [0.15, 0.2) is 0 Å². The van der Waals surface area contributed by atoms with Crippen LogP contribution in [0.2, 0.25) is 0 Å². The van der Waals surface area contributed by atoms with Crippen molar-refractivity contribution in [3.63, 3.8) is 0 Å². The smallest absolute Gasteiger partial charge is 0.252 e. The number of amides is 1. The fraction of sp³-hybridized carbons (Fsp3) is 0.188. The number of carbonyl (C=O) groups excluding carboxylic acids is 1. The summed E-state index contributed by atoms with van der Waals surface area (Å²) in [7, 11) is 0. The molecule has 2 rings (SSSR count). The van der Waals surface area contributed by atoms with Gasteiger partial charge in [0.2, 0.25) is 0 Å². The maximum Gasteiger partial charge on any atom is 0.252 e. The molecule has 5 heteroatoms. The van der Waals surface area contributed by atoms with Crippen LogP contribution in [0.25, 0.3) is 0 Å². The van der Waals surface area contributed by atoms with E-state index in [1.54, 1.807) is 24.3 Å². The van der Waals surface area contributed by atoms with E-state index >= 15 is 0 Å². The van der Waals surface area contributed by atoms with Crippen molar-refractivity contribution in [2.75, 3.05) is 0 Å². The molecule has 21 heavy (non-hydrogen) atoms. The molecule has 110 valence electrons. The Morgan fingerprint density at radius 2 is 1.76 bits per heavy atom. The standard InChI is InChI=1S/C16H17BrN2O2/c1-10(18)15(11-6-2-4-8-13(11)17)21-14-9-5-3-7-12(14)16(19)20/h2-10,15H,18H2,1H3,(H2,19,20). The minimum absolute atomic E-state index is 0.260. The van der Waals surface area contributed by atoms with Crippen molar-refractivity contribution < 1.29 is 9.53 Å². The SMILES string of the molecule is CC(N)C(Oc1ccccc1C(N)=O)c1ccccc1Br. The Morgan fingerprint density at radius 3 is 2.38 bits per heavy atom. The number of primary amides is 1. The molecule has 0 fully saturated rings. The van der Waals surface area contributed by atoms with E-state index in [1.165, 1.54) is 0 Å². The van der Waals surface area contributed by atoms with Gasteiger partial charge in [0.05, 0.1) is 5.56 Å².